The lowest BCUT2D eigenvalue weighted by Crippen LogP contribution is -3.14. The zero-order valence-electron chi connectivity index (χ0n) is 16.3. The summed E-state index contributed by atoms with van der Waals surface area (Å²) in [5, 5.41) is 0.659. The maximum absolute atomic E-state index is 12.9. The molecule has 148 valence electrons. The highest BCUT2D eigenvalue weighted by molar-refractivity contribution is 6.30. The van der Waals surface area contributed by atoms with Crippen molar-refractivity contribution in [1.29, 1.82) is 0 Å². The third kappa shape index (κ3) is 5.85. The molecule has 0 radical (unpaired) electrons. The number of quaternary nitrogens is 1. The molecule has 1 N–H and O–H groups in total. The molecule has 1 amide bonds. The van der Waals surface area contributed by atoms with Crippen LogP contribution in [0.5, 0.6) is 5.75 Å². The van der Waals surface area contributed by atoms with Gasteiger partial charge < -0.3 is 14.5 Å². The zero-order valence-corrected chi connectivity index (χ0v) is 17.1. The first kappa shape index (κ1) is 20.4. The summed E-state index contributed by atoms with van der Waals surface area (Å²) in [6.07, 6.45) is 4.59. The lowest BCUT2D eigenvalue weighted by Gasteiger charge is -2.33. The SMILES string of the molecule is CC[C@H](Oc1ccc(Cl)cc1)C(=O)N1CC[NH+](C/C=C/c2ccccc2)CC1. The molecule has 0 saturated carbocycles. The largest absolute Gasteiger partial charge is 0.481 e. The summed E-state index contributed by atoms with van der Waals surface area (Å²) in [7, 11) is 0. The third-order valence-corrected chi connectivity index (χ3v) is 5.29. The van der Waals surface area contributed by atoms with E-state index in [4.69, 9.17) is 16.3 Å². The van der Waals surface area contributed by atoms with Crippen molar-refractivity contribution in [2.24, 2.45) is 0 Å². The van der Waals surface area contributed by atoms with E-state index in [-0.39, 0.29) is 5.91 Å². The van der Waals surface area contributed by atoms with Crippen LogP contribution >= 0.6 is 11.6 Å². The first-order valence-corrected chi connectivity index (χ1v) is 10.3. The molecule has 4 nitrogen and oxygen atoms in total. The lowest BCUT2D eigenvalue weighted by atomic mass is 10.2. The molecule has 5 heteroatoms. The van der Waals surface area contributed by atoms with E-state index in [1.54, 1.807) is 24.3 Å². The quantitative estimate of drug-likeness (QED) is 0.776. The minimum atomic E-state index is -0.444. The molecule has 0 spiro atoms. The van der Waals surface area contributed by atoms with Crippen LogP contribution < -0.4 is 9.64 Å². The first-order valence-electron chi connectivity index (χ1n) is 9.92. The molecule has 2 aromatic rings. The van der Waals surface area contributed by atoms with Crippen molar-refractivity contribution in [2.75, 3.05) is 32.7 Å². The zero-order chi connectivity index (χ0) is 19.8. The fraction of sp³-hybridized carbons (Fsp3) is 0.348. The Bertz CT molecular complexity index is 769. The van der Waals surface area contributed by atoms with Crippen molar-refractivity contribution >= 4 is 23.6 Å². The molecule has 1 aliphatic rings. The second-order valence-electron chi connectivity index (χ2n) is 7.06. The predicted molar refractivity (Wildman–Crippen MR) is 114 cm³/mol. The molecule has 1 saturated heterocycles. The Kier molecular flexibility index (Phi) is 7.52. The number of amides is 1. The van der Waals surface area contributed by atoms with Gasteiger partial charge in [-0.1, -0.05) is 54.9 Å². The summed E-state index contributed by atoms with van der Waals surface area (Å²) >= 11 is 5.91. The Morgan fingerprint density at radius 3 is 2.46 bits per heavy atom. The van der Waals surface area contributed by atoms with Crippen LogP contribution in [0.2, 0.25) is 5.02 Å². The number of carbonyl (C=O) groups is 1. The van der Waals surface area contributed by atoms with Gasteiger partial charge in [-0.3, -0.25) is 4.79 Å². The van der Waals surface area contributed by atoms with Gasteiger partial charge in [0.15, 0.2) is 6.10 Å². The second kappa shape index (κ2) is 10.3. The topological polar surface area (TPSA) is 34.0 Å². The van der Waals surface area contributed by atoms with E-state index >= 15 is 0 Å². The van der Waals surface area contributed by atoms with Gasteiger partial charge in [0.2, 0.25) is 0 Å². The minimum Gasteiger partial charge on any atom is -0.481 e. The molecule has 1 aliphatic heterocycles. The second-order valence-corrected chi connectivity index (χ2v) is 7.50. The van der Waals surface area contributed by atoms with Gasteiger partial charge in [-0.25, -0.2) is 0 Å². The molecule has 1 heterocycles. The Balaban J connectivity index is 1.47. The highest BCUT2D eigenvalue weighted by Crippen LogP contribution is 2.18. The molecular weight excluding hydrogens is 372 g/mol. The van der Waals surface area contributed by atoms with Crippen molar-refractivity contribution in [2.45, 2.75) is 19.4 Å². The summed E-state index contributed by atoms with van der Waals surface area (Å²) in [5.41, 5.74) is 1.22. The molecule has 0 bridgehead atoms. The van der Waals surface area contributed by atoms with Crippen LogP contribution in [-0.2, 0) is 4.79 Å². The molecule has 3 rings (SSSR count). The van der Waals surface area contributed by atoms with Gasteiger partial charge >= 0.3 is 0 Å². The Morgan fingerprint density at radius 1 is 1.14 bits per heavy atom. The predicted octanol–water partition coefficient (Wildman–Crippen LogP) is 2.94. The van der Waals surface area contributed by atoms with E-state index < -0.39 is 6.10 Å². The Hall–Kier alpha value is -2.30. The number of benzene rings is 2. The van der Waals surface area contributed by atoms with Crippen LogP contribution in [0.3, 0.4) is 0 Å². The molecule has 1 fully saturated rings. The monoisotopic (exact) mass is 399 g/mol. The number of hydrogen-bond acceptors (Lipinski definition) is 2. The standard InChI is InChI=1S/C23H27ClN2O2/c1-2-22(28-21-12-10-20(24)11-13-21)23(27)26-17-15-25(16-18-26)14-6-9-19-7-4-3-5-8-19/h3-13,22H,2,14-18H2,1H3/p+1/b9-6+/t22-/m0/s1. The minimum absolute atomic E-state index is 0.0799. The van der Waals surface area contributed by atoms with E-state index in [0.717, 1.165) is 32.7 Å². The van der Waals surface area contributed by atoms with Crippen molar-refractivity contribution < 1.29 is 14.4 Å². The van der Waals surface area contributed by atoms with Crippen molar-refractivity contribution in [1.82, 2.24) is 4.90 Å². The summed E-state index contributed by atoms with van der Waals surface area (Å²) in [4.78, 5) is 16.3. The Labute approximate surface area is 172 Å². The van der Waals surface area contributed by atoms with E-state index in [1.807, 2.05) is 30.0 Å². The average molecular weight is 400 g/mol. The highest BCUT2D eigenvalue weighted by Gasteiger charge is 2.29. The number of nitrogens with zero attached hydrogens (tertiary/aromatic N) is 1. The van der Waals surface area contributed by atoms with Crippen LogP contribution in [0.4, 0.5) is 0 Å². The van der Waals surface area contributed by atoms with E-state index in [0.29, 0.717) is 17.2 Å². The first-order chi connectivity index (χ1) is 13.7. The van der Waals surface area contributed by atoms with Gasteiger partial charge in [-0.15, -0.1) is 0 Å². The van der Waals surface area contributed by atoms with Gasteiger partial charge in [0.05, 0.1) is 32.7 Å². The fourth-order valence-electron chi connectivity index (χ4n) is 3.36. The van der Waals surface area contributed by atoms with Crippen LogP contribution in [0, 0.1) is 0 Å². The summed E-state index contributed by atoms with van der Waals surface area (Å²) in [6, 6.07) is 17.5. The van der Waals surface area contributed by atoms with Gasteiger partial charge in [0.1, 0.15) is 5.75 Å². The van der Waals surface area contributed by atoms with E-state index in [9.17, 15) is 4.79 Å². The number of piperazine rings is 1. The van der Waals surface area contributed by atoms with Gasteiger partial charge in [0, 0.05) is 5.02 Å². The van der Waals surface area contributed by atoms with Gasteiger partial charge in [-0.2, -0.15) is 0 Å². The van der Waals surface area contributed by atoms with E-state index in [2.05, 4.69) is 24.3 Å². The lowest BCUT2D eigenvalue weighted by molar-refractivity contribution is -0.898. The van der Waals surface area contributed by atoms with Crippen LogP contribution in [0.1, 0.15) is 18.9 Å². The molecule has 0 aromatic heterocycles. The molecular formula is C23H28ClN2O2+. The molecule has 28 heavy (non-hydrogen) atoms. The van der Waals surface area contributed by atoms with Crippen molar-refractivity contribution in [3.8, 4) is 5.75 Å². The van der Waals surface area contributed by atoms with Crippen LogP contribution in [-0.4, -0.2) is 49.6 Å². The van der Waals surface area contributed by atoms with Crippen molar-refractivity contribution in [3.63, 3.8) is 0 Å². The third-order valence-electron chi connectivity index (χ3n) is 5.04. The summed E-state index contributed by atoms with van der Waals surface area (Å²) in [5.74, 6) is 0.760. The van der Waals surface area contributed by atoms with Crippen molar-refractivity contribution in [3.05, 3.63) is 71.3 Å². The van der Waals surface area contributed by atoms with Gasteiger partial charge in [-0.05, 0) is 42.3 Å². The number of rotatable bonds is 7. The summed E-state index contributed by atoms with van der Waals surface area (Å²) in [6.45, 7) is 6.43. The molecule has 0 unspecified atom stereocenters. The average Bonchev–Trinajstić information content (AvgIpc) is 2.74. The highest BCUT2D eigenvalue weighted by atomic mass is 35.5. The maximum atomic E-state index is 12.9. The van der Waals surface area contributed by atoms with Gasteiger partial charge in [0.25, 0.3) is 5.91 Å². The fourth-order valence-corrected chi connectivity index (χ4v) is 3.49. The van der Waals surface area contributed by atoms with E-state index in [1.165, 1.54) is 10.5 Å². The number of halogens is 1. The molecule has 1 atom stereocenters. The number of hydrogen-bond donors (Lipinski definition) is 1. The smallest absolute Gasteiger partial charge is 0.264 e. The van der Waals surface area contributed by atoms with Crippen LogP contribution in [0.15, 0.2) is 60.7 Å². The maximum Gasteiger partial charge on any atom is 0.264 e. The number of ether oxygens (including phenoxy) is 1. The molecule has 0 aliphatic carbocycles. The number of carbonyl (C=O) groups excluding carboxylic acids is 1. The number of nitrogens with one attached hydrogen (secondary N) is 1. The molecule has 2 aromatic carbocycles. The Morgan fingerprint density at radius 2 is 1.82 bits per heavy atom. The summed E-state index contributed by atoms with van der Waals surface area (Å²) < 4.78 is 5.91. The normalized spacial score (nSPS) is 16.3. The van der Waals surface area contributed by atoms with Crippen LogP contribution in [0.25, 0.3) is 6.08 Å².